The number of nitrogens with one attached hydrogen (secondary N) is 1. The number of benzene rings is 2. The van der Waals surface area contributed by atoms with E-state index in [1.54, 1.807) is 0 Å². The highest BCUT2D eigenvalue weighted by molar-refractivity contribution is 5.56. The third-order valence-electron chi connectivity index (χ3n) is 4.84. The van der Waals surface area contributed by atoms with E-state index in [1.165, 1.54) is 17.7 Å². The van der Waals surface area contributed by atoms with Gasteiger partial charge in [0.25, 0.3) is 0 Å². The molecule has 1 fully saturated rings. The minimum atomic E-state index is -1.14. The normalized spacial score (nSPS) is 14.4. The lowest BCUT2D eigenvalue weighted by Crippen LogP contribution is -2.27. The van der Waals surface area contributed by atoms with Gasteiger partial charge in [-0.2, -0.15) is 0 Å². The standard InChI is InChI=1S/C21H24F3NO4/c22-12-27-17-9-19(28-13-23)21(20(10-17)29-14-24)26-11-16-3-1-2-4-18(16)15-5-7-25-8-6-15/h1-4,9-10,15,25H,5-8,11-14H2. The van der Waals surface area contributed by atoms with Crippen LogP contribution in [0.4, 0.5) is 13.2 Å². The third kappa shape index (κ3) is 5.47. The first-order valence-corrected chi connectivity index (χ1v) is 9.42. The first kappa shape index (κ1) is 21.1. The average molecular weight is 411 g/mol. The monoisotopic (exact) mass is 411 g/mol. The SMILES string of the molecule is FCOc1cc(OCF)c(OCc2ccccc2C2CCNCC2)c(OCF)c1. The molecule has 0 aliphatic carbocycles. The minimum absolute atomic E-state index is 0.0156. The molecule has 3 rings (SSSR count). The summed E-state index contributed by atoms with van der Waals surface area (Å²) in [6.45, 7) is -1.31. The van der Waals surface area contributed by atoms with Crippen molar-refractivity contribution in [3.8, 4) is 23.0 Å². The lowest BCUT2D eigenvalue weighted by Gasteiger charge is -2.25. The molecule has 0 unspecified atom stereocenters. The molecule has 0 atom stereocenters. The van der Waals surface area contributed by atoms with E-state index in [-0.39, 0.29) is 29.6 Å². The Morgan fingerprint density at radius 2 is 1.45 bits per heavy atom. The molecule has 0 aromatic heterocycles. The number of rotatable bonds is 10. The Bertz CT molecular complexity index is 757. The van der Waals surface area contributed by atoms with Crippen molar-refractivity contribution in [3.63, 3.8) is 0 Å². The Morgan fingerprint density at radius 3 is 2.07 bits per heavy atom. The molecule has 0 saturated carbocycles. The van der Waals surface area contributed by atoms with Gasteiger partial charge in [0.2, 0.25) is 26.3 Å². The van der Waals surface area contributed by atoms with E-state index >= 15 is 0 Å². The number of ether oxygens (including phenoxy) is 4. The molecule has 0 bridgehead atoms. The zero-order chi connectivity index (χ0) is 20.5. The van der Waals surface area contributed by atoms with Gasteiger partial charge in [0, 0.05) is 12.1 Å². The second-order valence-electron chi connectivity index (χ2n) is 6.52. The van der Waals surface area contributed by atoms with Gasteiger partial charge in [0.05, 0.1) is 0 Å². The topological polar surface area (TPSA) is 49.0 Å². The van der Waals surface area contributed by atoms with Gasteiger partial charge in [0.1, 0.15) is 12.4 Å². The molecule has 158 valence electrons. The van der Waals surface area contributed by atoms with Crippen molar-refractivity contribution in [1.82, 2.24) is 5.32 Å². The summed E-state index contributed by atoms with van der Waals surface area (Å²) in [6.07, 6.45) is 2.05. The summed E-state index contributed by atoms with van der Waals surface area (Å²) in [4.78, 5) is 0. The Balaban J connectivity index is 1.86. The van der Waals surface area contributed by atoms with Crippen LogP contribution in [-0.4, -0.2) is 33.7 Å². The van der Waals surface area contributed by atoms with Crippen molar-refractivity contribution in [2.24, 2.45) is 0 Å². The predicted octanol–water partition coefficient (Wildman–Crippen LogP) is 4.65. The smallest absolute Gasteiger partial charge is 0.228 e. The molecule has 5 nitrogen and oxygen atoms in total. The van der Waals surface area contributed by atoms with Gasteiger partial charge >= 0.3 is 0 Å². The Labute approximate surface area is 167 Å². The molecule has 2 aromatic carbocycles. The fraction of sp³-hybridized carbons (Fsp3) is 0.429. The summed E-state index contributed by atoms with van der Waals surface area (Å²) >= 11 is 0. The van der Waals surface area contributed by atoms with Gasteiger partial charge in [-0.3, -0.25) is 0 Å². The molecular formula is C21H24F3NO4. The molecular weight excluding hydrogens is 387 g/mol. The maximum absolute atomic E-state index is 12.9. The molecule has 0 amide bonds. The van der Waals surface area contributed by atoms with Crippen LogP contribution in [0.15, 0.2) is 36.4 Å². The summed E-state index contributed by atoms with van der Waals surface area (Å²) in [5.74, 6) is 0.357. The van der Waals surface area contributed by atoms with Crippen LogP contribution in [0.1, 0.15) is 29.9 Å². The first-order chi connectivity index (χ1) is 14.3. The van der Waals surface area contributed by atoms with Crippen LogP contribution in [0.2, 0.25) is 0 Å². The molecule has 0 spiro atoms. The minimum Gasteiger partial charge on any atom is -0.482 e. The zero-order valence-electron chi connectivity index (χ0n) is 16.0. The second kappa shape index (κ2) is 10.8. The lowest BCUT2D eigenvalue weighted by atomic mass is 9.87. The summed E-state index contributed by atoms with van der Waals surface area (Å²) in [5, 5.41) is 3.35. The maximum atomic E-state index is 12.9. The van der Waals surface area contributed by atoms with Crippen LogP contribution in [0.3, 0.4) is 0 Å². The molecule has 0 radical (unpaired) electrons. The van der Waals surface area contributed by atoms with Crippen molar-refractivity contribution in [2.45, 2.75) is 25.4 Å². The molecule has 1 aliphatic heterocycles. The number of hydrogen-bond acceptors (Lipinski definition) is 5. The Kier molecular flexibility index (Phi) is 7.86. The summed E-state index contributed by atoms with van der Waals surface area (Å²) in [7, 11) is 0. The van der Waals surface area contributed by atoms with E-state index < -0.39 is 20.6 Å². The number of halogens is 3. The van der Waals surface area contributed by atoms with Gasteiger partial charge in [-0.05, 0) is 43.0 Å². The van der Waals surface area contributed by atoms with Gasteiger partial charge in [-0.15, -0.1) is 0 Å². The van der Waals surface area contributed by atoms with Crippen LogP contribution in [0.25, 0.3) is 0 Å². The molecule has 1 saturated heterocycles. The summed E-state index contributed by atoms with van der Waals surface area (Å²) in [5.41, 5.74) is 2.16. The highest BCUT2D eigenvalue weighted by Crippen LogP contribution is 2.42. The van der Waals surface area contributed by atoms with Crippen molar-refractivity contribution >= 4 is 0 Å². The van der Waals surface area contributed by atoms with Crippen LogP contribution >= 0.6 is 0 Å². The van der Waals surface area contributed by atoms with E-state index in [9.17, 15) is 13.2 Å². The predicted molar refractivity (Wildman–Crippen MR) is 102 cm³/mol. The van der Waals surface area contributed by atoms with E-state index in [4.69, 9.17) is 18.9 Å². The lowest BCUT2D eigenvalue weighted by molar-refractivity contribution is 0.156. The first-order valence-electron chi connectivity index (χ1n) is 9.42. The molecule has 29 heavy (non-hydrogen) atoms. The second-order valence-corrected chi connectivity index (χ2v) is 6.52. The maximum Gasteiger partial charge on any atom is 0.228 e. The molecule has 2 aromatic rings. The average Bonchev–Trinajstić information content (AvgIpc) is 2.75. The summed E-state index contributed by atoms with van der Waals surface area (Å²) in [6, 6.07) is 10.5. The van der Waals surface area contributed by atoms with Crippen LogP contribution < -0.4 is 24.3 Å². The van der Waals surface area contributed by atoms with Gasteiger partial charge in [0.15, 0.2) is 11.5 Å². The van der Waals surface area contributed by atoms with Crippen LogP contribution in [-0.2, 0) is 6.61 Å². The number of piperidine rings is 1. The van der Waals surface area contributed by atoms with Gasteiger partial charge in [-0.1, -0.05) is 24.3 Å². The van der Waals surface area contributed by atoms with Crippen molar-refractivity contribution in [3.05, 3.63) is 47.5 Å². The summed E-state index contributed by atoms with van der Waals surface area (Å²) < 4.78 is 58.7. The zero-order valence-corrected chi connectivity index (χ0v) is 16.0. The highest BCUT2D eigenvalue weighted by atomic mass is 19.1. The Hall–Kier alpha value is -2.61. The molecule has 1 aliphatic rings. The van der Waals surface area contributed by atoms with Crippen LogP contribution in [0, 0.1) is 0 Å². The number of alkyl halides is 3. The Morgan fingerprint density at radius 1 is 0.828 bits per heavy atom. The molecule has 8 heteroatoms. The third-order valence-corrected chi connectivity index (χ3v) is 4.84. The fourth-order valence-corrected chi connectivity index (χ4v) is 3.52. The fourth-order valence-electron chi connectivity index (χ4n) is 3.52. The van der Waals surface area contributed by atoms with E-state index in [2.05, 4.69) is 11.4 Å². The molecule has 1 N–H and O–H groups in total. The quantitative estimate of drug-likeness (QED) is 0.617. The van der Waals surface area contributed by atoms with Crippen LogP contribution in [0.5, 0.6) is 23.0 Å². The van der Waals surface area contributed by atoms with Gasteiger partial charge < -0.3 is 24.3 Å². The van der Waals surface area contributed by atoms with Crippen molar-refractivity contribution < 1.29 is 32.1 Å². The van der Waals surface area contributed by atoms with Crippen molar-refractivity contribution in [1.29, 1.82) is 0 Å². The van der Waals surface area contributed by atoms with E-state index in [0.29, 0.717) is 5.92 Å². The van der Waals surface area contributed by atoms with Gasteiger partial charge in [-0.25, -0.2) is 13.2 Å². The van der Waals surface area contributed by atoms with Crippen molar-refractivity contribution in [2.75, 3.05) is 33.7 Å². The van der Waals surface area contributed by atoms with E-state index in [1.807, 2.05) is 18.2 Å². The largest absolute Gasteiger partial charge is 0.482 e. The van der Waals surface area contributed by atoms with E-state index in [0.717, 1.165) is 31.5 Å². The number of hydrogen-bond donors (Lipinski definition) is 1. The highest BCUT2D eigenvalue weighted by Gasteiger charge is 2.20. The molecule has 1 heterocycles.